The van der Waals surface area contributed by atoms with E-state index in [-0.39, 0.29) is 16.4 Å². The van der Waals surface area contributed by atoms with E-state index in [1.165, 1.54) is 18.3 Å². The molecule has 5 nitrogen and oxygen atoms in total. The second-order valence-corrected chi connectivity index (χ2v) is 5.75. The third-order valence-corrected chi connectivity index (χ3v) is 3.93. The van der Waals surface area contributed by atoms with Gasteiger partial charge in [0.05, 0.1) is 15.6 Å². The Morgan fingerprint density at radius 3 is 2.70 bits per heavy atom. The molecule has 8 heteroatoms. The van der Waals surface area contributed by atoms with Crippen molar-refractivity contribution < 1.29 is 14.3 Å². The molecule has 0 aliphatic heterocycles. The Hall–Kier alpha value is -1.82. The van der Waals surface area contributed by atoms with E-state index in [2.05, 4.69) is 10.3 Å². The van der Waals surface area contributed by atoms with Crippen LogP contribution >= 0.6 is 34.8 Å². The first-order chi connectivity index (χ1) is 10.9. The predicted molar refractivity (Wildman–Crippen MR) is 89.4 cm³/mol. The average Bonchev–Trinajstić information content (AvgIpc) is 2.53. The number of nitrogens with one attached hydrogen (secondary N) is 1. The molecule has 0 atom stereocenters. The number of rotatable bonds is 4. The Bertz CT molecular complexity index is 766. The van der Waals surface area contributed by atoms with Gasteiger partial charge in [0.1, 0.15) is 0 Å². The van der Waals surface area contributed by atoms with Crippen LogP contribution in [0.15, 0.2) is 30.5 Å². The molecule has 0 saturated carbocycles. The summed E-state index contributed by atoms with van der Waals surface area (Å²) >= 11 is 17.7. The standard InChI is InChI=1S/C15H11Cl3N2O3/c1-8-11(17)6-19-14(13(8)18)20-12(21)7-23-15(22)9-3-2-4-10(16)5-9/h2-6H,7H2,1H3,(H,19,20,21). The fraction of sp³-hybridized carbons (Fsp3) is 0.133. The summed E-state index contributed by atoms with van der Waals surface area (Å²) in [5, 5.41) is 3.47. The van der Waals surface area contributed by atoms with Gasteiger partial charge >= 0.3 is 5.97 Å². The fourth-order valence-electron chi connectivity index (χ4n) is 1.64. The molecule has 2 rings (SSSR count). The zero-order valence-corrected chi connectivity index (χ0v) is 14.2. The van der Waals surface area contributed by atoms with E-state index in [9.17, 15) is 9.59 Å². The minimum absolute atomic E-state index is 0.150. The van der Waals surface area contributed by atoms with E-state index in [0.29, 0.717) is 15.6 Å². The first-order valence-electron chi connectivity index (χ1n) is 6.41. The smallest absolute Gasteiger partial charge is 0.338 e. The van der Waals surface area contributed by atoms with E-state index >= 15 is 0 Å². The lowest BCUT2D eigenvalue weighted by atomic mass is 10.2. The summed E-state index contributed by atoms with van der Waals surface area (Å²) in [4.78, 5) is 27.5. The van der Waals surface area contributed by atoms with Gasteiger partial charge in [-0.15, -0.1) is 0 Å². The first kappa shape index (κ1) is 17.5. The molecular formula is C15H11Cl3N2O3. The normalized spacial score (nSPS) is 10.3. The fourth-order valence-corrected chi connectivity index (χ4v) is 2.22. The summed E-state index contributed by atoms with van der Waals surface area (Å²) in [7, 11) is 0. The Morgan fingerprint density at radius 2 is 2.00 bits per heavy atom. The summed E-state index contributed by atoms with van der Waals surface area (Å²) in [5.74, 6) is -1.08. The van der Waals surface area contributed by atoms with Gasteiger partial charge in [0.2, 0.25) is 0 Å². The Labute approximate surface area is 147 Å². The van der Waals surface area contributed by atoms with Gasteiger partial charge < -0.3 is 10.1 Å². The maximum absolute atomic E-state index is 11.8. The number of aromatic nitrogens is 1. The number of halogens is 3. The summed E-state index contributed by atoms with van der Waals surface area (Å²) in [6.07, 6.45) is 1.37. The molecule has 0 spiro atoms. The minimum Gasteiger partial charge on any atom is -0.452 e. The number of benzene rings is 1. The van der Waals surface area contributed by atoms with Crippen molar-refractivity contribution >= 4 is 52.5 Å². The quantitative estimate of drug-likeness (QED) is 0.818. The zero-order chi connectivity index (χ0) is 17.0. The molecule has 1 aromatic heterocycles. The molecule has 0 saturated heterocycles. The van der Waals surface area contributed by atoms with E-state index in [0.717, 1.165) is 0 Å². The minimum atomic E-state index is -0.658. The van der Waals surface area contributed by atoms with Crippen molar-refractivity contribution in [1.29, 1.82) is 0 Å². The SMILES string of the molecule is Cc1c(Cl)cnc(NC(=O)COC(=O)c2cccc(Cl)c2)c1Cl. The topological polar surface area (TPSA) is 68.3 Å². The van der Waals surface area contributed by atoms with E-state index < -0.39 is 18.5 Å². The molecule has 1 heterocycles. The summed E-state index contributed by atoms with van der Waals surface area (Å²) in [6.45, 7) is 1.21. The first-order valence-corrected chi connectivity index (χ1v) is 7.55. The number of carbonyl (C=O) groups excluding carboxylic acids is 2. The molecule has 0 bridgehead atoms. The summed E-state index contributed by atoms with van der Waals surface area (Å²) < 4.78 is 4.90. The molecule has 0 aliphatic rings. The van der Waals surface area contributed by atoms with Crippen LogP contribution in [0.25, 0.3) is 0 Å². The van der Waals surface area contributed by atoms with Crippen molar-refractivity contribution in [1.82, 2.24) is 4.98 Å². The number of pyridine rings is 1. The number of anilines is 1. The zero-order valence-electron chi connectivity index (χ0n) is 11.9. The second-order valence-electron chi connectivity index (χ2n) is 4.53. The number of hydrogen-bond acceptors (Lipinski definition) is 4. The highest BCUT2D eigenvalue weighted by molar-refractivity contribution is 6.37. The third-order valence-electron chi connectivity index (χ3n) is 2.85. The average molecular weight is 374 g/mol. The maximum Gasteiger partial charge on any atom is 0.338 e. The number of carbonyl (C=O) groups is 2. The molecule has 1 amide bonds. The van der Waals surface area contributed by atoms with Gasteiger partial charge in [0, 0.05) is 11.2 Å². The highest BCUT2D eigenvalue weighted by Gasteiger charge is 2.14. The van der Waals surface area contributed by atoms with Crippen LogP contribution < -0.4 is 5.32 Å². The van der Waals surface area contributed by atoms with Crippen LogP contribution in [0.1, 0.15) is 15.9 Å². The maximum atomic E-state index is 11.8. The van der Waals surface area contributed by atoms with Crippen molar-refractivity contribution in [2.24, 2.45) is 0 Å². The van der Waals surface area contributed by atoms with Crippen LogP contribution in [-0.4, -0.2) is 23.5 Å². The number of nitrogens with zero attached hydrogens (tertiary/aromatic N) is 1. The Kier molecular flexibility index (Phi) is 5.82. The van der Waals surface area contributed by atoms with Crippen LogP contribution in [0, 0.1) is 6.92 Å². The second kappa shape index (κ2) is 7.64. The Balaban J connectivity index is 1.95. The molecular weight excluding hydrogens is 363 g/mol. The predicted octanol–water partition coefficient (Wildman–Crippen LogP) is 4.15. The van der Waals surface area contributed by atoms with Crippen LogP contribution in [-0.2, 0) is 9.53 Å². The number of esters is 1. The van der Waals surface area contributed by atoms with Crippen LogP contribution in [0.5, 0.6) is 0 Å². The van der Waals surface area contributed by atoms with Crippen molar-refractivity contribution in [3.8, 4) is 0 Å². The van der Waals surface area contributed by atoms with Gasteiger partial charge in [-0.3, -0.25) is 4.79 Å². The van der Waals surface area contributed by atoms with Gasteiger partial charge in [-0.1, -0.05) is 40.9 Å². The molecule has 23 heavy (non-hydrogen) atoms. The summed E-state index contributed by atoms with van der Waals surface area (Å²) in [6, 6.07) is 6.22. The van der Waals surface area contributed by atoms with E-state index in [1.54, 1.807) is 19.1 Å². The molecule has 1 aromatic carbocycles. The van der Waals surface area contributed by atoms with Gasteiger partial charge in [-0.25, -0.2) is 9.78 Å². The Morgan fingerprint density at radius 1 is 1.26 bits per heavy atom. The lowest BCUT2D eigenvalue weighted by Gasteiger charge is -2.09. The van der Waals surface area contributed by atoms with Crippen LogP contribution in [0.3, 0.4) is 0 Å². The van der Waals surface area contributed by atoms with E-state index in [1.807, 2.05) is 0 Å². The number of hydrogen-bond donors (Lipinski definition) is 1. The molecule has 2 aromatic rings. The van der Waals surface area contributed by atoms with Gasteiger partial charge in [0.25, 0.3) is 5.91 Å². The lowest BCUT2D eigenvalue weighted by Crippen LogP contribution is -2.21. The highest BCUT2D eigenvalue weighted by atomic mass is 35.5. The molecule has 120 valence electrons. The largest absolute Gasteiger partial charge is 0.452 e. The molecule has 1 N–H and O–H groups in total. The van der Waals surface area contributed by atoms with Gasteiger partial charge in [-0.2, -0.15) is 0 Å². The van der Waals surface area contributed by atoms with Crippen molar-refractivity contribution in [3.63, 3.8) is 0 Å². The van der Waals surface area contributed by atoms with Crippen molar-refractivity contribution in [2.45, 2.75) is 6.92 Å². The van der Waals surface area contributed by atoms with Crippen molar-refractivity contribution in [3.05, 3.63) is 56.7 Å². The molecule has 0 aliphatic carbocycles. The van der Waals surface area contributed by atoms with Gasteiger partial charge in [-0.05, 0) is 30.7 Å². The molecule has 0 unspecified atom stereocenters. The number of amides is 1. The monoisotopic (exact) mass is 372 g/mol. The van der Waals surface area contributed by atoms with Crippen LogP contribution in [0.4, 0.5) is 5.82 Å². The molecule has 0 fully saturated rings. The third kappa shape index (κ3) is 4.58. The molecule has 0 radical (unpaired) electrons. The lowest BCUT2D eigenvalue weighted by molar-refractivity contribution is -0.119. The van der Waals surface area contributed by atoms with Crippen molar-refractivity contribution in [2.75, 3.05) is 11.9 Å². The van der Waals surface area contributed by atoms with Gasteiger partial charge in [0.15, 0.2) is 12.4 Å². The highest BCUT2D eigenvalue weighted by Crippen LogP contribution is 2.28. The van der Waals surface area contributed by atoms with Crippen LogP contribution in [0.2, 0.25) is 15.1 Å². The number of ether oxygens (including phenoxy) is 1. The summed E-state index contributed by atoms with van der Waals surface area (Å²) in [5.41, 5.74) is 0.846. The van der Waals surface area contributed by atoms with E-state index in [4.69, 9.17) is 39.5 Å².